The summed E-state index contributed by atoms with van der Waals surface area (Å²) in [5.74, 6) is 0.949. The fourth-order valence-corrected chi connectivity index (χ4v) is 3.19. The molecule has 0 saturated carbocycles. The second kappa shape index (κ2) is 5.92. The van der Waals surface area contributed by atoms with Gasteiger partial charge in [0.1, 0.15) is 5.75 Å². The second-order valence-corrected chi connectivity index (χ2v) is 5.81. The molecule has 23 heavy (non-hydrogen) atoms. The molecule has 0 saturated heterocycles. The van der Waals surface area contributed by atoms with Crippen LogP contribution in [0.2, 0.25) is 0 Å². The molecule has 3 rings (SSSR count). The lowest BCUT2D eigenvalue weighted by Crippen LogP contribution is -2.01. The van der Waals surface area contributed by atoms with E-state index in [4.69, 9.17) is 4.74 Å². The summed E-state index contributed by atoms with van der Waals surface area (Å²) in [6.45, 7) is 8.86. The van der Waals surface area contributed by atoms with E-state index in [-0.39, 0.29) is 0 Å². The van der Waals surface area contributed by atoms with Gasteiger partial charge in [-0.15, -0.1) is 0 Å². The first-order valence-electron chi connectivity index (χ1n) is 7.87. The van der Waals surface area contributed by atoms with Gasteiger partial charge in [-0.1, -0.05) is 6.07 Å². The summed E-state index contributed by atoms with van der Waals surface area (Å²) in [5, 5.41) is 0. The molecule has 0 aliphatic carbocycles. The van der Waals surface area contributed by atoms with Crippen LogP contribution >= 0.6 is 0 Å². The van der Waals surface area contributed by atoms with E-state index in [0.29, 0.717) is 12.3 Å². The molecule has 2 heterocycles. The topological polar surface area (TPSA) is 30.7 Å². The predicted molar refractivity (Wildman–Crippen MR) is 93.6 cm³/mol. The maximum absolute atomic E-state index is 11.7. The summed E-state index contributed by atoms with van der Waals surface area (Å²) < 4.78 is 7.71. The Kier molecular flexibility index (Phi) is 3.95. The number of nitrogens with zero attached hydrogens (tertiary/aromatic N) is 1. The Hall–Kier alpha value is -2.55. The van der Waals surface area contributed by atoms with Gasteiger partial charge < -0.3 is 9.14 Å². The molecule has 0 bridgehead atoms. The van der Waals surface area contributed by atoms with Crippen molar-refractivity contribution in [2.45, 2.75) is 27.7 Å². The molecule has 3 heteroatoms. The van der Waals surface area contributed by atoms with Crippen LogP contribution in [0.1, 0.15) is 34.1 Å². The highest BCUT2D eigenvalue weighted by molar-refractivity contribution is 5.91. The molecule has 0 fully saturated rings. The van der Waals surface area contributed by atoms with Crippen LogP contribution in [0.4, 0.5) is 0 Å². The van der Waals surface area contributed by atoms with Crippen molar-refractivity contribution in [2.75, 3.05) is 6.61 Å². The standard InChI is InChI=1S/C20H21NO2/c1-5-23-20-13(2)10-17(14(3)15(20)4)18-11-16-8-6-7-9-21(16)19(18)12-22/h6-12H,5H2,1-4H3. The number of aldehydes is 1. The number of aromatic nitrogens is 1. The average molecular weight is 307 g/mol. The zero-order valence-electron chi connectivity index (χ0n) is 14.0. The Morgan fingerprint density at radius 1 is 1.09 bits per heavy atom. The van der Waals surface area contributed by atoms with E-state index in [0.717, 1.165) is 45.4 Å². The van der Waals surface area contributed by atoms with Crippen molar-refractivity contribution in [1.82, 2.24) is 4.40 Å². The van der Waals surface area contributed by atoms with Crippen molar-refractivity contribution in [2.24, 2.45) is 0 Å². The molecule has 118 valence electrons. The summed E-state index contributed by atoms with van der Waals surface area (Å²) in [7, 11) is 0. The molecule has 0 unspecified atom stereocenters. The number of carbonyl (C=O) groups is 1. The number of ether oxygens (including phenoxy) is 1. The van der Waals surface area contributed by atoms with Gasteiger partial charge in [-0.3, -0.25) is 4.79 Å². The first-order chi connectivity index (χ1) is 11.1. The number of hydrogen-bond donors (Lipinski definition) is 0. The normalized spacial score (nSPS) is 11.0. The highest BCUT2D eigenvalue weighted by atomic mass is 16.5. The largest absolute Gasteiger partial charge is 0.493 e. The zero-order chi connectivity index (χ0) is 16.6. The van der Waals surface area contributed by atoms with Crippen molar-refractivity contribution >= 4 is 11.8 Å². The van der Waals surface area contributed by atoms with E-state index in [1.165, 1.54) is 0 Å². The summed E-state index contributed by atoms with van der Waals surface area (Å²) in [6.07, 6.45) is 2.86. The highest BCUT2D eigenvalue weighted by Gasteiger charge is 2.17. The van der Waals surface area contributed by atoms with Gasteiger partial charge in [0.05, 0.1) is 12.3 Å². The van der Waals surface area contributed by atoms with E-state index in [2.05, 4.69) is 32.9 Å². The monoisotopic (exact) mass is 307 g/mol. The van der Waals surface area contributed by atoms with Gasteiger partial charge >= 0.3 is 0 Å². The van der Waals surface area contributed by atoms with Gasteiger partial charge in [0.2, 0.25) is 0 Å². The van der Waals surface area contributed by atoms with Crippen LogP contribution in [-0.4, -0.2) is 17.3 Å². The van der Waals surface area contributed by atoms with Gasteiger partial charge in [-0.2, -0.15) is 0 Å². The molecule has 0 aliphatic heterocycles. The van der Waals surface area contributed by atoms with Crippen LogP contribution in [0.15, 0.2) is 36.5 Å². The summed E-state index contributed by atoms with van der Waals surface area (Å²) >= 11 is 0. The quantitative estimate of drug-likeness (QED) is 0.652. The number of pyridine rings is 1. The van der Waals surface area contributed by atoms with Crippen molar-refractivity contribution in [3.8, 4) is 16.9 Å². The molecular formula is C20H21NO2. The number of rotatable bonds is 4. The van der Waals surface area contributed by atoms with Gasteiger partial charge in [-0.25, -0.2) is 0 Å². The Labute approximate surface area is 136 Å². The van der Waals surface area contributed by atoms with Crippen molar-refractivity contribution in [3.05, 3.63) is 58.9 Å². The molecule has 2 aromatic heterocycles. The van der Waals surface area contributed by atoms with Crippen LogP contribution in [0.3, 0.4) is 0 Å². The lowest BCUT2D eigenvalue weighted by atomic mass is 9.93. The SMILES string of the molecule is CCOc1c(C)cc(-c2cc3ccccn3c2C=O)c(C)c1C. The lowest BCUT2D eigenvalue weighted by molar-refractivity contribution is 0.111. The third kappa shape index (κ3) is 2.42. The molecule has 0 radical (unpaired) electrons. The predicted octanol–water partition coefficient (Wildman–Crippen LogP) is 4.74. The smallest absolute Gasteiger partial charge is 0.167 e. The van der Waals surface area contributed by atoms with Crippen molar-refractivity contribution in [1.29, 1.82) is 0 Å². The summed E-state index contributed by atoms with van der Waals surface area (Å²) in [5.41, 5.74) is 7.15. The van der Waals surface area contributed by atoms with E-state index in [9.17, 15) is 4.79 Å². The minimum Gasteiger partial charge on any atom is -0.493 e. The van der Waals surface area contributed by atoms with Gasteiger partial charge in [-0.05, 0) is 74.2 Å². The average Bonchev–Trinajstić information content (AvgIpc) is 2.93. The first kappa shape index (κ1) is 15.3. The maximum atomic E-state index is 11.7. The fraction of sp³-hybridized carbons (Fsp3) is 0.250. The van der Waals surface area contributed by atoms with Crippen LogP contribution in [0, 0.1) is 20.8 Å². The van der Waals surface area contributed by atoms with Gasteiger partial charge in [0.15, 0.2) is 6.29 Å². The zero-order valence-corrected chi connectivity index (χ0v) is 14.0. The van der Waals surface area contributed by atoms with E-state index in [1.807, 2.05) is 35.7 Å². The van der Waals surface area contributed by atoms with Crippen molar-refractivity contribution in [3.63, 3.8) is 0 Å². The molecule has 0 aliphatic rings. The summed E-state index contributed by atoms with van der Waals surface area (Å²) in [4.78, 5) is 11.7. The van der Waals surface area contributed by atoms with Crippen LogP contribution in [0.25, 0.3) is 16.6 Å². The molecule has 1 aromatic carbocycles. The summed E-state index contributed by atoms with van der Waals surface area (Å²) in [6, 6.07) is 10.1. The van der Waals surface area contributed by atoms with Crippen LogP contribution < -0.4 is 4.74 Å². The van der Waals surface area contributed by atoms with E-state index >= 15 is 0 Å². The molecule has 0 N–H and O–H groups in total. The van der Waals surface area contributed by atoms with Gasteiger partial charge in [0, 0.05) is 17.3 Å². The van der Waals surface area contributed by atoms with Crippen molar-refractivity contribution < 1.29 is 9.53 Å². The lowest BCUT2D eigenvalue weighted by Gasteiger charge is -2.16. The minimum absolute atomic E-state index is 0.649. The first-order valence-corrected chi connectivity index (χ1v) is 7.87. The molecule has 3 nitrogen and oxygen atoms in total. The molecular weight excluding hydrogens is 286 g/mol. The Bertz CT molecular complexity index is 890. The molecule has 0 spiro atoms. The molecule has 0 amide bonds. The third-order valence-electron chi connectivity index (χ3n) is 4.44. The van der Waals surface area contributed by atoms with Gasteiger partial charge in [0.25, 0.3) is 0 Å². The van der Waals surface area contributed by atoms with E-state index in [1.54, 1.807) is 0 Å². The number of fused-ring (bicyclic) bond motifs is 1. The van der Waals surface area contributed by atoms with Crippen LogP contribution in [-0.2, 0) is 0 Å². The third-order valence-corrected chi connectivity index (χ3v) is 4.44. The maximum Gasteiger partial charge on any atom is 0.167 e. The second-order valence-electron chi connectivity index (χ2n) is 5.81. The molecule has 0 atom stereocenters. The number of aryl methyl sites for hydroxylation is 1. The Morgan fingerprint density at radius 3 is 2.57 bits per heavy atom. The molecule has 3 aromatic rings. The number of benzene rings is 1. The number of carbonyl (C=O) groups excluding carboxylic acids is 1. The minimum atomic E-state index is 0.649. The van der Waals surface area contributed by atoms with E-state index < -0.39 is 0 Å². The Balaban J connectivity index is 2.29. The Morgan fingerprint density at radius 2 is 1.87 bits per heavy atom. The van der Waals surface area contributed by atoms with Crippen LogP contribution in [0.5, 0.6) is 5.75 Å². The highest BCUT2D eigenvalue weighted by Crippen LogP contribution is 2.36. The fourth-order valence-electron chi connectivity index (χ4n) is 3.19. The number of hydrogen-bond acceptors (Lipinski definition) is 2.